The highest BCUT2D eigenvalue weighted by Gasteiger charge is 2.73. The second-order valence-electron chi connectivity index (χ2n) is 14.3. The van der Waals surface area contributed by atoms with Crippen molar-refractivity contribution in [1.82, 2.24) is 29.8 Å². The first-order valence-electron chi connectivity index (χ1n) is 16.5. The Bertz CT molecular complexity index is 2020. The van der Waals surface area contributed by atoms with Gasteiger partial charge in [0, 0.05) is 49.8 Å². The summed E-state index contributed by atoms with van der Waals surface area (Å²) < 4.78 is 138. The molecule has 5 aliphatic rings. The highest BCUT2D eigenvalue weighted by Crippen LogP contribution is 2.58. The summed E-state index contributed by atoms with van der Waals surface area (Å²) in [6, 6.07) is 4.75. The third-order valence-electron chi connectivity index (χ3n) is 10.9. The lowest BCUT2D eigenvalue weighted by molar-refractivity contribution is -0.307. The standard InChI is InChI=1S/C34H29F9N6O4/c35-25-4-1-18(5-26(25)36)8-48(30(34(41,42)43)15-31(37,38)16-30)27(50)12-47-28(51)32(45-29(47)52)17-33(39,40)24-6-19(2-3-23(24)32)20-7-44-49(9-20)21-10-46(11-21)22-13-53-14-22/h1-7,9,21-22H,8,10-17H2,(H,45,52)/t32-/m0/s1. The normalized spacial score (nSPS) is 24.8. The fourth-order valence-electron chi connectivity index (χ4n) is 7.94. The highest BCUT2D eigenvalue weighted by molar-refractivity contribution is 6.10. The molecule has 53 heavy (non-hydrogen) atoms. The minimum Gasteiger partial charge on any atom is -0.378 e. The van der Waals surface area contributed by atoms with Gasteiger partial charge >= 0.3 is 12.2 Å². The first kappa shape index (κ1) is 35.4. The Balaban J connectivity index is 1.05. The number of halogens is 9. The molecule has 19 heteroatoms. The summed E-state index contributed by atoms with van der Waals surface area (Å²) in [5, 5.41) is 6.58. The van der Waals surface area contributed by atoms with E-state index in [-0.39, 0.29) is 21.4 Å². The van der Waals surface area contributed by atoms with Crippen LogP contribution >= 0.6 is 0 Å². The quantitative estimate of drug-likeness (QED) is 0.254. The molecule has 4 heterocycles. The lowest BCUT2D eigenvalue weighted by atomic mass is 9.71. The van der Waals surface area contributed by atoms with Crippen molar-refractivity contribution in [3.63, 3.8) is 0 Å². The van der Waals surface area contributed by atoms with E-state index >= 15 is 8.78 Å². The number of ether oxygens (including phenoxy) is 1. The molecule has 1 N–H and O–H groups in total. The number of rotatable bonds is 8. The van der Waals surface area contributed by atoms with Gasteiger partial charge in [-0.15, -0.1) is 0 Å². The van der Waals surface area contributed by atoms with Crippen LogP contribution in [0, 0.1) is 11.6 Å². The average molecular weight is 757 g/mol. The Labute approximate surface area is 294 Å². The summed E-state index contributed by atoms with van der Waals surface area (Å²) in [6.07, 6.45) is -7.28. The molecule has 4 amide bonds. The number of aromatic nitrogens is 2. The molecule has 1 aromatic heterocycles. The summed E-state index contributed by atoms with van der Waals surface area (Å²) in [5.41, 5.74) is -6.38. The molecular weight excluding hydrogens is 727 g/mol. The number of imide groups is 1. The largest absolute Gasteiger partial charge is 0.412 e. The molecule has 282 valence electrons. The van der Waals surface area contributed by atoms with Gasteiger partial charge in [0.15, 0.2) is 17.2 Å². The van der Waals surface area contributed by atoms with Crippen LogP contribution in [0.15, 0.2) is 48.8 Å². The van der Waals surface area contributed by atoms with Gasteiger partial charge in [0.2, 0.25) is 5.91 Å². The van der Waals surface area contributed by atoms with Gasteiger partial charge in [-0.05, 0) is 34.9 Å². The summed E-state index contributed by atoms with van der Waals surface area (Å²) in [7, 11) is 0. The molecule has 2 aromatic carbocycles. The molecule has 0 bridgehead atoms. The monoisotopic (exact) mass is 756 g/mol. The lowest BCUT2D eigenvalue weighted by Gasteiger charge is -2.54. The molecule has 1 spiro atoms. The van der Waals surface area contributed by atoms with E-state index in [0.717, 1.165) is 25.2 Å². The van der Waals surface area contributed by atoms with Gasteiger partial charge in [0.25, 0.3) is 17.8 Å². The number of nitrogens with zero attached hydrogens (tertiary/aromatic N) is 5. The minimum absolute atomic E-state index is 0.0465. The molecule has 8 rings (SSSR count). The fraction of sp³-hybridized carbons (Fsp3) is 0.471. The van der Waals surface area contributed by atoms with Crippen LogP contribution < -0.4 is 5.32 Å². The van der Waals surface area contributed by atoms with Crippen molar-refractivity contribution in [2.75, 3.05) is 32.8 Å². The Kier molecular flexibility index (Phi) is 7.79. The van der Waals surface area contributed by atoms with Gasteiger partial charge in [-0.2, -0.15) is 18.3 Å². The molecule has 2 aliphatic carbocycles. The molecule has 3 aromatic rings. The smallest absolute Gasteiger partial charge is 0.378 e. The number of benzene rings is 2. The number of hydrogen-bond acceptors (Lipinski definition) is 6. The predicted molar refractivity (Wildman–Crippen MR) is 163 cm³/mol. The van der Waals surface area contributed by atoms with E-state index < -0.39 is 102 Å². The Morgan fingerprint density at radius 3 is 2.26 bits per heavy atom. The maximum Gasteiger partial charge on any atom is 0.412 e. The van der Waals surface area contributed by atoms with Crippen molar-refractivity contribution < 1.29 is 58.6 Å². The number of amides is 4. The number of carbonyl (C=O) groups excluding carboxylic acids is 3. The van der Waals surface area contributed by atoms with Crippen molar-refractivity contribution >= 4 is 17.8 Å². The number of carbonyl (C=O) groups is 3. The molecule has 0 unspecified atom stereocenters. The van der Waals surface area contributed by atoms with Gasteiger partial charge in [-0.25, -0.2) is 31.1 Å². The predicted octanol–water partition coefficient (Wildman–Crippen LogP) is 5.09. The topological polar surface area (TPSA) is 100 Å². The van der Waals surface area contributed by atoms with Gasteiger partial charge in [-0.3, -0.25) is 24.1 Å². The maximum absolute atomic E-state index is 15.7. The fourth-order valence-corrected chi connectivity index (χ4v) is 7.94. The molecular formula is C34H29F9N6O4. The zero-order chi connectivity index (χ0) is 37.9. The number of hydrogen-bond donors (Lipinski definition) is 1. The van der Waals surface area contributed by atoms with Gasteiger partial charge < -0.3 is 15.0 Å². The average Bonchev–Trinajstić information content (AvgIpc) is 3.65. The van der Waals surface area contributed by atoms with Gasteiger partial charge in [0.05, 0.1) is 37.9 Å². The molecule has 1 saturated carbocycles. The Morgan fingerprint density at radius 1 is 0.925 bits per heavy atom. The second kappa shape index (κ2) is 11.7. The van der Waals surface area contributed by atoms with Crippen LogP contribution in [0.3, 0.4) is 0 Å². The molecule has 10 nitrogen and oxygen atoms in total. The molecule has 1 atom stereocenters. The number of urea groups is 1. The number of likely N-dealkylation sites (tertiary alicyclic amines) is 1. The SMILES string of the molecule is O=C1N[C@]2(CC(F)(F)c3cc(-c4cnn(C5CN(C6COC6)C5)c4)ccc32)C(=O)N1CC(=O)N(Cc1ccc(F)c(F)c1)C1(C(F)(F)F)CC(F)(F)C1. The van der Waals surface area contributed by atoms with E-state index in [1.165, 1.54) is 18.3 Å². The van der Waals surface area contributed by atoms with E-state index in [2.05, 4.69) is 15.3 Å². The van der Waals surface area contributed by atoms with E-state index in [4.69, 9.17) is 4.74 Å². The summed E-state index contributed by atoms with van der Waals surface area (Å²) in [5.74, 6) is -13.4. The first-order chi connectivity index (χ1) is 24.8. The lowest BCUT2D eigenvalue weighted by Crippen LogP contribution is -2.71. The van der Waals surface area contributed by atoms with Gasteiger partial charge in [0.1, 0.15) is 12.1 Å². The summed E-state index contributed by atoms with van der Waals surface area (Å²) in [4.78, 5) is 43.1. The van der Waals surface area contributed by atoms with Crippen LogP contribution in [-0.4, -0.2) is 98.9 Å². The maximum atomic E-state index is 15.7. The van der Waals surface area contributed by atoms with Crippen LogP contribution in [-0.2, 0) is 32.3 Å². The van der Waals surface area contributed by atoms with Crippen molar-refractivity contribution in [3.05, 3.63) is 77.1 Å². The van der Waals surface area contributed by atoms with E-state index in [1.54, 1.807) is 10.9 Å². The van der Waals surface area contributed by atoms with Crippen LogP contribution in [0.2, 0.25) is 0 Å². The highest BCUT2D eigenvalue weighted by atomic mass is 19.4. The van der Waals surface area contributed by atoms with E-state index in [0.29, 0.717) is 42.5 Å². The Morgan fingerprint density at radius 2 is 1.64 bits per heavy atom. The third kappa shape index (κ3) is 5.56. The van der Waals surface area contributed by atoms with Crippen LogP contribution in [0.4, 0.5) is 44.3 Å². The zero-order valence-corrected chi connectivity index (χ0v) is 27.4. The molecule has 3 saturated heterocycles. The number of alkyl halides is 7. The van der Waals surface area contributed by atoms with Crippen molar-refractivity contribution in [2.45, 2.75) is 67.0 Å². The minimum atomic E-state index is -5.47. The van der Waals surface area contributed by atoms with Crippen LogP contribution in [0.1, 0.15) is 42.0 Å². The first-order valence-corrected chi connectivity index (χ1v) is 16.5. The number of fused-ring (bicyclic) bond motifs is 2. The van der Waals surface area contributed by atoms with E-state index in [9.17, 15) is 45.1 Å². The van der Waals surface area contributed by atoms with Gasteiger partial charge in [-0.1, -0.05) is 18.2 Å². The van der Waals surface area contributed by atoms with Crippen LogP contribution in [0.5, 0.6) is 0 Å². The second-order valence-corrected chi connectivity index (χ2v) is 14.3. The summed E-state index contributed by atoms with van der Waals surface area (Å²) in [6.45, 7) is 0.202. The van der Waals surface area contributed by atoms with Crippen LogP contribution in [0.25, 0.3) is 11.1 Å². The third-order valence-corrected chi connectivity index (χ3v) is 10.9. The molecule has 0 radical (unpaired) electrons. The Hall–Kier alpha value is -4.65. The van der Waals surface area contributed by atoms with Crippen molar-refractivity contribution in [3.8, 4) is 11.1 Å². The van der Waals surface area contributed by atoms with E-state index in [1.807, 2.05) is 0 Å². The molecule has 3 aliphatic heterocycles. The van der Waals surface area contributed by atoms with Crippen molar-refractivity contribution in [2.24, 2.45) is 0 Å². The van der Waals surface area contributed by atoms with Crippen molar-refractivity contribution in [1.29, 1.82) is 0 Å². The zero-order valence-electron chi connectivity index (χ0n) is 27.4. The number of nitrogens with one attached hydrogen (secondary N) is 1. The molecule has 4 fully saturated rings. The summed E-state index contributed by atoms with van der Waals surface area (Å²) >= 11 is 0.